The Balaban J connectivity index is 1.66. The van der Waals surface area contributed by atoms with Crippen LogP contribution in [0.2, 0.25) is 0 Å². The predicted octanol–water partition coefficient (Wildman–Crippen LogP) is 2.79. The monoisotopic (exact) mass is 340 g/mol. The van der Waals surface area contributed by atoms with Gasteiger partial charge in [-0.3, -0.25) is 5.10 Å². The van der Waals surface area contributed by atoms with E-state index in [4.69, 9.17) is 0 Å². The van der Waals surface area contributed by atoms with Crippen LogP contribution in [-0.2, 0) is 13.1 Å². The number of guanidine groups is 1. The molecule has 0 amide bonds. The molecule has 1 aromatic carbocycles. The Hall–Kier alpha value is -2.67. The van der Waals surface area contributed by atoms with Crippen LogP contribution in [0, 0.1) is 0 Å². The summed E-state index contributed by atoms with van der Waals surface area (Å²) in [5.41, 5.74) is 2.13. The van der Waals surface area contributed by atoms with Crippen molar-refractivity contribution < 1.29 is 0 Å². The summed E-state index contributed by atoms with van der Waals surface area (Å²) in [5.74, 6) is 1.58. The molecule has 0 saturated carbocycles. The molecule has 0 unspecified atom stereocenters. The molecule has 7 heteroatoms. The Morgan fingerprint density at radius 3 is 2.96 bits per heavy atom. The molecule has 3 aromatic rings. The summed E-state index contributed by atoms with van der Waals surface area (Å²) in [7, 11) is 0. The van der Waals surface area contributed by atoms with Crippen molar-refractivity contribution in [2.75, 3.05) is 6.54 Å². The van der Waals surface area contributed by atoms with E-state index in [9.17, 15) is 0 Å². The number of nitrogens with one attached hydrogen (secondary N) is 3. The van der Waals surface area contributed by atoms with Crippen LogP contribution in [0.1, 0.15) is 17.4 Å². The lowest BCUT2D eigenvalue weighted by molar-refractivity contribution is 0.823. The Kier molecular flexibility index (Phi) is 5.57. The van der Waals surface area contributed by atoms with E-state index in [1.165, 1.54) is 11.2 Å². The van der Waals surface area contributed by atoms with Gasteiger partial charge in [-0.25, -0.2) is 9.98 Å². The summed E-state index contributed by atoms with van der Waals surface area (Å²) in [5, 5.41) is 15.5. The summed E-state index contributed by atoms with van der Waals surface area (Å²) < 4.78 is 0. The maximum atomic E-state index is 4.66. The zero-order valence-electron chi connectivity index (χ0n) is 13.5. The van der Waals surface area contributed by atoms with Crippen LogP contribution in [0.5, 0.6) is 0 Å². The molecule has 0 atom stereocenters. The molecule has 6 nitrogen and oxygen atoms in total. The van der Waals surface area contributed by atoms with Crippen molar-refractivity contribution in [3.8, 4) is 11.4 Å². The molecular formula is C17H20N6S. The first-order valence-electron chi connectivity index (χ1n) is 7.84. The van der Waals surface area contributed by atoms with Crippen LogP contribution < -0.4 is 10.6 Å². The maximum Gasteiger partial charge on any atom is 0.191 e. The zero-order chi connectivity index (χ0) is 16.6. The predicted molar refractivity (Wildman–Crippen MR) is 97.8 cm³/mol. The van der Waals surface area contributed by atoms with E-state index < -0.39 is 0 Å². The SMILES string of the molecule is CCNC(=NCc1cccc(-c2ncn[nH]2)c1)NCc1cccs1. The van der Waals surface area contributed by atoms with E-state index in [1.807, 2.05) is 12.1 Å². The van der Waals surface area contributed by atoms with Gasteiger partial charge in [0, 0.05) is 17.0 Å². The van der Waals surface area contributed by atoms with Crippen LogP contribution >= 0.6 is 11.3 Å². The van der Waals surface area contributed by atoms with E-state index >= 15 is 0 Å². The lowest BCUT2D eigenvalue weighted by Gasteiger charge is -2.10. The van der Waals surface area contributed by atoms with Crippen molar-refractivity contribution in [1.82, 2.24) is 25.8 Å². The van der Waals surface area contributed by atoms with Gasteiger partial charge in [0.1, 0.15) is 6.33 Å². The lowest BCUT2D eigenvalue weighted by atomic mass is 10.1. The normalized spacial score (nSPS) is 11.5. The molecule has 0 fully saturated rings. The van der Waals surface area contributed by atoms with E-state index in [-0.39, 0.29) is 0 Å². The second-order valence-corrected chi connectivity index (χ2v) is 6.19. The fraction of sp³-hybridized carbons (Fsp3) is 0.235. The number of benzene rings is 1. The first-order valence-corrected chi connectivity index (χ1v) is 8.72. The summed E-state index contributed by atoms with van der Waals surface area (Å²) in [6.07, 6.45) is 1.51. The van der Waals surface area contributed by atoms with Gasteiger partial charge in [0.05, 0.1) is 13.1 Å². The summed E-state index contributed by atoms with van der Waals surface area (Å²) in [4.78, 5) is 10.1. The Bertz CT molecular complexity index is 764. The van der Waals surface area contributed by atoms with Crippen LogP contribution in [0.3, 0.4) is 0 Å². The molecule has 124 valence electrons. The van der Waals surface area contributed by atoms with Crippen LogP contribution in [0.4, 0.5) is 0 Å². The Labute approximate surface area is 145 Å². The molecule has 2 heterocycles. The van der Waals surface area contributed by atoms with E-state index in [0.29, 0.717) is 6.54 Å². The Morgan fingerprint density at radius 1 is 1.25 bits per heavy atom. The second-order valence-electron chi connectivity index (χ2n) is 5.16. The van der Waals surface area contributed by atoms with E-state index in [2.05, 4.69) is 67.4 Å². The minimum absolute atomic E-state index is 0.599. The van der Waals surface area contributed by atoms with Crippen molar-refractivity contribution in [3.63, 3.8) is 0 Å². The first-order chi connectivity index (χ1) is 11.8. The number of nitrogens with zero attached hydrogens (tertiary/aromatic N) is 3. The fourth-order valence-corrected chi connectivity index (χ4v) is 2.90. The molecule has 24 heavy (non-hydrogen) atoms. The van der Waals surface area contributed by atoms with Crippen molar-refractivity contribution in [2.24, 2.45) is 4.99 Å². The van der Waals surface area contributed by atoms with Gasteiger partial charge in [0.25, 0.3) is 0 Å². The third-order valence-corrected chi connectivity index (χ3v) is 4.27. The average Bonchev–Trinajstić information content (AvgIpc) is 3.31. The number of aliphatic imine (C=N–C) groups is 1. The van der Waals surface area contributed by atoms with E-state index in [0.717, 1.165) is 36.0 Å². The minimum atomic E-state index is 0.599. The smallest absolute Gasteiger partial charge is 0.191 e. The van der Waals surface area contributed by atoms with Gasteiger partial charge in [-0.1, -0.05) is 24.3 Å². The molecule has 0 saturated heterocycles. The van der Waals surface area contributed by atoms with Gasteiger partial charge < -0.3 is 10.6 Å². The zero-order valence-corrected chi connectivity index (χ0v) is 14.3. The highest BCUT2D eigenvalue weighted by Gasteiger charge is 2.03. The molecule has 0 aliphatic heterocycles. The van der Waals surface area contributed by atoms with Crippen LogP contribution in [-0.4, -0.2) is 27.7 Å². The molecular weight excluding hydrogens is 320 g/mol. The number of hydrogen-bond acceptors (Lipinski definition) is 4. The topological polar surface area (TPSA) is 78.0 Å². The molecule has 0 aliphatic rings. The maximum absolute atomic E-state index is 4.66. The quantitative estimate of drug-likeness (QED) is 0.476. The molecule has 0 aliphatic carbocycles. The van der Waals surface area contributed by atoms with Crippen molar-refractivity contribution in [1.29, 1.82) is 0 Å². The van der Waals surface area contributed by atoms with Crippen molar-refractivity contribution in [2.45, 2.75) is 20.0 Å². The Morgan fingerprint density at radius 2 is 2.21 bits per heavy atom. The summed E-state index contributed by atoms with van der Waals surface area (Å²) in [6.45, 7) is 4.27. The van der Waals surface area contributed by atoms with Gasteiger partial charge in [0.2, 0.25) is 0 Å². The molecule has 3 N–H and O–H groups in total. The number of hydrogen-bond donors (Lipinski definition) is 3. The third-order valence-electron chi connectivity index (χ3n) is 3.39. The van der Waals surface area contributed by atoms with Gasteiger partial charge in [-0.2, -0.15) is 5.10 Å². The third kappa shape index (κ3) is 4.42. The number of aromatic nitrogens is 3. The van der Waals surface area contributed by atoms with Gasteiger partial charge >= 0.3 is 0 Å². The molecule has 0 radical (unpaired) electrons. The summed E-state index contributed by atoms with van der Waals surface area (Å²) >= 11 is 1.74. The highest BCUT2D eigenvalue weighted by Crippen LogP contribution is 2.16. The van der Waals surface area contributed by atoms with Gasteiger partial charge in [-0.05, 0) is 30.0 Å². The first kappa shape index (κ1) is 16.2. The molecule has 2 aromatic heterocycles. The van der Waals surface area contributed by atoms with E-state index in [1.54, 1.807) is 11.3 Å². The van der Waals surface area contributed by atoms with Gasteiger partial charge in [-0.15, -0.1) is 11.3 Å². The fourth-order valence-electron chi connectivity index (χ4n) is 2.26. The van der Waals surface area contributed by atoms with Gasteiger partial charge in [0.15, 0.2) is 11.8 Å². The van der Waals surface area contributed by atoms with Crippen molar-refractivity contribution >= 4 is 17.3 Å². The molecule has 3 rings (SSSR count). The molecule has 0 bridgehead atoms. The highest BCUT2D eigenvalue weighted by atomic mass is 32.1. The van der Waals surface area contributed by atoms with Crippen LogP contribution in [0.15, 0.2) is 53.1 Å². The largest absolute Gasteiger partial charge is 0.357 e. The van der Waals surface area contributed by atoms with Crippen LogP contribution in [0.25, 0.3) is 11.4 Å². The lowest BCUT2D eigenvalue weighted by Crippen LogP contribution is -2.36. The number of thiophene rings is 1. The summed E-state index contributed by atoms with van der Waals surface area (Å²) in [6, 6.07) is 12.3. The number of rotatable bonds is 6. The number of H-pyrrole nitrogens is 1. The standard InChI is InChI=1S/C17H20N6S/c1-2-18-17(20-11-15-7-4-8-24-15)19-10-13-5-3-6-14(9-13)16-21-12-22-23-16/h3-9,12H,2,10-11H2,1H3,(H2,18,19,20)(H,21,22,23). The number of aromatic amines is 1. The highest BCUT2D eigenvalue weighted by molar-refractivity contribution is 7.09. The second kappa shape index (κ2) is 8.26. The average molecular weight is 340 g/mol. The van der Waals surface area contributed by atoms with Crippen molar-refractivity contribution in [3.05, 3.63) is 58.5 Å². The molecule has 0 spiro atoms. The minimum Gasteiger partial charge on any atom is -0.357 e.